The number of hydrogen-bond donors (Lipinski definition) is 2. The summed E-state index contributed by atoms with van der Waals surface area (Å²) in [5.74, 6) is 0. The average molecular weight is 292 g/mol. The summed E-state index contributed by atoms with van der Waals surface area (Å²) in [6.45, 7) is 0.410. The number of benzene rings is 1. The van der Waals surface area contributed by atoms with E-state index in [4.69, 9.17) is 10.2 Å². The SMILES string of the molecule is NCc1[nH]c(Br)nc1-c1coc2ccccc12. The number of nitrogens with two attached hydrogens (primary N) is 1. The molecule has 0 unspecified atom stereocenters. The Morgan fingerprint density at radius 1 is 1.35 bits per heavy atom. The average Bonchev–Trinajstić information content (AvgIpc) is 2.91. The molecule has 5 heteroatoms. The number of nitrogens with one attached hydrogen (secondary N) is 1. The van der Waals surface area contributed by atoms with E-state index in [9.17, 15) is 0 Å². The lowest BCUT2D eigenvalue weighted by Crippen LogP contribution is -1.98. The summed E-state index contributed by atoms with van der Waals surface area (Å²) in [7, 11) is 0. The van der Waals surface area contributed by atoms with Gasteiger partial charge in [-0.2, -0.15) is 0 Å². The van der Waals surface area contributed by atoms with E-state index < -0.39 is 0 Å². The molecule has 0 atom stereocenters. The zero-order valence-corrected chi connectivity index (χ0v) is 10.5. The molecular weight excluding hydrogens is 282 g/mol. The molecule has 4 nitrogen and oxygen atoms in total. The van der Waals surface area contributed by atoms with Gasteiger partial charge in [-0.15, -0.1) is 0 Å². The highest BCUT2D eigenvalue weighted by Crippen LogP contribution is 2.31. The lowest BCUT2D eigenvalue weighted by Gasteiger charge is -1.96. The third-order valence-electron chi connectivity index (χ3n) is 2.69. The normalized spacial score (nSPS) is 11.2. The number of para-hydroxylation sites is 1. The lowest BCUT2D eigenvalue weighted by atomic mass is 10.1. The maximum absolute atomic E-state index is 5.69. The Morgan fingerprint density at radius 3 is 3.00 bits per heavy atom. The zero-order valence-electron chi connectivity index (χ0n) is 8.90. The highest BCUT2D eigenvalue weighted by Gasteiger charge is 2.14. The van der Waals surface area contributed by atoms with Crippen LogP contribution in [0.1, 0.15) is 5.69 Å². The van der Waals surface area contributed by atoms with Crippen LogP contribution in [0, 0.1) is 0 Å². The van der Waals surface area contributed by atoms with Crippen molar-refractivity contribution in [3.63, 3.8) is 0 Å². The summed E-state index contributed by atoms with van der Waals surface area (Å²) in [6, 6.07) is 7.87. The van der Waals surface area contributed by atoms with Crippen molar-refractivity contribution in [1.29, 1.82) is 0 Å². The standard InChI is InChI=1S/C12H10BrN3O/c13-12-15-9(5-14)11(16-12)8-6-17-10-4-2-1-3-7(8)10/h1-4,6H,5,14H2,(H,15,16). The second-order valence-electron chi connectivity index (χ2n) is 3.70. The fourth-order valence-electron chi connectivity index (χ4n) is 1.91. The Kier molecular flexibility index (Phi) is 2.49. The van der Waals surface area contributed by atoms with Crippen molar-refractivity contribution in [3.8, 4) is 11.3 Å². The summed E-state index contributed by atoms with van der Waals surface area (Å²) in [6.07, 6.45) is 1.71. The molecular formula is C12H10BrN3O. The molecule has 17 heavy (non-hydrogen) atoms. The number of H-pyrrole nitrogens is 1. The van der Waals surface area contributed by atoms with Crippen LogP contribution in [-0.4, -0.2) is 9.97 Å². The Hall–Kier alpha value is -1.59. The van der Waals surface area contributed by atoms with E-state index in [1.807, 2.05) is 24.3 Å². The van der Waals surface area contributed by atoms with Crippen LogP contribution in [-0.2, 0) is 6.54 Å². The fourth-order valence-corrected chi connectivity index (χ4v) is 2.33. The fraction of sp³-hybridized carbons (Fsp3) is 0.0833. The Morgan fingerprint density at radius 2 is 2.18 bits per heavy atom. The molecule has 86 valence electrons. The van der Waals surface area contributed by atoms with Crippen molar-refractivity contribution >= 4 is 26.9 Å². The van der Waals surface area contributed by atoms with Gasteiger partial charge >= 0.3 is 0 Å². The van der Waals surface area contributed by atoms with E-state index in [1.165, 1.54) is 0 Å². The summed E-state index contributed by atoms with van der Waals surface area (Å²) in [4.78, 5) is 7.48. The van der Waals surface area contributed by atoms with Crippen LogP contribution < -0.4 is 5.73 Å². The molecule has 0 aliphatic heterocycles. The number of imidazole rings is 1. The molecule has 0 amide bonds. The van der Waals surface area contributed by atoms with Gasteiger partial charge in [-0.3, -0.25) is 0 Å². The van der Waals surface area contributed by atoms with Crippen LogP contribution in [0.2, 0.25) is 0 Å². The minimum atomic E-state index is 0.410. The van der Waals surface area contributed by atoms with Gasteiger partial charge in [0, 0.05) is 17.5 Å². The van der Waals surface area contributed by atoms with Gasteiger partial charge in [0.2, 0.25) is 0 Å². The number of nitrogens with zero attached hydrogens (tertiary/aromatic N) is 1. The van der Waals surface area contributed by atoms with E-state index >= 15 is 0 Å². The predicted molar refractivity (Wildman–Crippen MR) is 69.4 cm³/mol. The van der Waals surface area contributed by atoms with Gasteiger partial charge in [0.1, 0.15) is 11.8 Å². The van der Waals surface area contributed by atoms with E-state index in [-0.39, 0.29) is 0 Å². The minimum Gasteiger partial charge on any atom is -0.464 e. The maximum atomic E-state index is 5.69. The first-order valence-electron chi connectivity index (χ1n) is 5.20. The van der Waals surface area contributed by atoms with Gasteiger partial charge < -0.3 is 15.1 Å². The zero-order chi connectivity index (χ0) is 11.8. The summed E-state index contributed by atoms with van der Waals surface area (Å²) >= 11 is 3.32. The Balaban J connectivity index is 2.26. The van der Waals surface area contributed by atoms with Crippen LogP contribution in [0.15, 0.2) is 39.7 Å². The van der Waals surface area contributed by atoms with Crippen LogP contribution in [0.5, 0.6) is 0 Å². The third-order valence-corrected chi connectivity index (χ3v) is 3.07. The van der Waals surface area contributed by atoms with Crippen LogP contribution in [0.4, 0.5) is 0 Å². The van der Waals surface area contributed by atoms with Gasteiger partial charge in [-0.25, -0.2) is 4.98 Å². The van der Waals surface area contributed by atoms with Crippen molar-refractivity contribution in [1.82, 2.24) is 9.97 Å². The number of aromatic nitrogens is 2. The second-order valence-corrected chi connectivity index (χ2v) is 4.46. The maximum Gasteiger partial charge on any atom is 0.175 e. The van der Waals surface area contributed by atoms with Crippen molar-refractivity contribution < 1.29 is 4.42 Å². The van der Waals surface area contributed by atoms with Crippen LogP contribution >= 0.6 is 15.9 Å². The van der Waals surface area contributed by atoms with Gasteiger partial charge in [0.25, 0.3) is 0 Å². The van der Waals surface area contributed by atoms with E-state index in [0.29, 0.717) is 11.3 Å². The Labute approximate surface area is 106 Å². The Bertz CT molecular complexity index is 671. The lowest BCUT2D eigenvalue weighted by molar-refractivity contribution is 0.616. The first kappa shape index (κ1) is 10.6. The molecule has 0 bridgehead atoms. The minimum absolute atomic E-state index is 0.410. The highest BCUT2D eigenvalue weighted by molar-refractivity contribution is 9.10. The van der Waals surface area contributed by atoms with Crippen LogP contribution in [0.3, 0.4) is 0 Å². The second kappa shape index (κ2) is 4.01. The third kappa shape index (κ3) is 1.67. The number of rotatable bonds is 2. The van der Waals surface area contributed by atoms with Gasteiger partial charge in [0.15, 0.2) is 4.73 Å². The van der Waals surface area contributed by atoms with E-state index in [1.54, 1.807) is 6.26 Å². The molecule has 0 fully saturated rings. The predicted octanol–water partition coefficient (Wildman–Crippen LogP) is 3.04. The number of aromatic amines is 1. The summed E-state index contributed by atoms with van der Waals surface area (Å²) in [5.41, 5.74) is 9.23. The number of halogens is 1. The van der Waals surface area contributed by atoms with Crippen molar-refractivity contribution in [2.45, 2.75) is 6.54 Å². The van der Waals surface area contributed by atoms with Gasteiger partial charge in [-0.1, -0.05) is 18.2 Å². The number of furan rings is 1. The van der Waals surface area contributed by atoms with Gasteiger partial charge in [-0.05, 0) is 22.0 Å². The van der Waals surface area contributed by atoms with Crippen LogP contribution in [0.25, 0.3) is 22.2 Å². The highest BCUT2D eigenvalue weighted by atomic mass is 79.9. The molecule has 3 aromatic rings. The molecule has 3 rings (SSSR count). The molecule has 0 spiro atoms. The molecule has 2 heterocycles. The van der Waals surface area contributed by atoms with Crippen molar-refractivity contribution in [3.05, 3.63) is 41.0 Å². The molecule has 0 radical (unpaired) electrons. The first-order valence-corrected chi connectivity index (χ1v) is 6.00. The topological polar surface area (TPSA) is 67.8 Å². The largest absolute Gasteiger partial charge is 0.464 e. The molecule has 0 aliphatic carbocycles. The number of fused-ring (bicyclic) bond motifs is 1. The smallest absolute Gasteiger partial charge is 0.175 e. The molecule has 0 saturated carbocycles. The molecule has 0 saturated heterocycles. The molecule has 3 N–H and O–H groups in total. The van der Waals surface area contributed by atoms with Crippen molar-refractivity contribution in [2.24, 2.45) is 5.73 Å². The summed E-state index contributed by atoms with van der Waals surface area (Å²) < 4.78 is 6.18. The van der Waals surface area contributed by atoms with E-state index in [0.717, 1.165) is 27.9 Å². The first-order chi connectivity index (χ1) is 8.29. The number of hydrogen-bond acceptors (Lipinski definition) is 3. The molecule has 0 aliphatic rings. The van der Waals surface area contributed by atoms with Gasteiger partial charge in [0.05, 0.1) is 11.4 Å². The quantitative estimate of drug-likeness (QED) is 0.762. The molecule has 2 aromatic heterocycles. The summed E-state index contributed by atoms with van der Waals surface area (Å²) in [5, 5.41) is 1.04. The molecule has 1 aromatic carbocycles. The van der Waals surface area contributed by atoms with E-state index in [2.05, 4.69) is 25.9 Å². The monoisotopic (exact) mass is 291 g/mol. The van der Waals surface area contributed by atoms with Crippen molar-refractivity contribution in [2.75, 3.05) is 0 Å².